The molecule has 1 atom stereocenters. The Morgan fingerprint density at radius 1 is 1.12 bits per heavy atom. The molecule has 0 aliphatic heterocycles. The Morgan fingerprint density at radius 2 is 1.81 bits per heavy atom. The summed E-state index contributed by atoms with van der Waals surface area (Å²) in [4.78, 5) is 12.7. The molecule has 2 aromatic carbocycles. The van der Waals surface area contributed by atoms with E-state index < -0.39 is 0 Å². The van der Waals surface area contributed by atoms with Gasteiger partial charge in [0.05, 0.1) is 18.9 Å². The smallest absolute Gasteiger partial charge is 0.192 e. The van der Waals surface area contributed by atoms with E-state index in [2.05, 4.69) is 22.3 Å². The Hall–Kier alpha value is -2.60. The lowest BCUT2D eigenvalue weighted by Gasteiger charge is -2.12. The van der Waals surface area contributed by atoms with E-state index in [-0.39, 0.29) is 11.0 Å². The monoisotopic (exact) mass is 367 g/mol. The van der Waals surface area contributed by atoms with Crippen LogP contribution in [0.2, 0.25) is 0 Å². The van der Waals surface area contributed by atoms with Crippen molar-refractivity contribution in [2.24, 2.45) is 0 Å². The molecule has 0 radical (unpaired) electrons. The number of Topliss-reactive ketones (excluding diaryl/α,β-unsaturated/α-hetero) is 1. The number of carbonyl (C=O) groups excluding carboxylic acids is 1. The van der Waals surface area contributed by atoms with Crippen LogP contribution in [0, 0.1) is 6.92 Å². The summed E-state index contributed by atoms with van der Waals surface area (Å²) in [5.41, 5.74) is 1.84. The van der Waals surface area contributed by atoms with Gasteiger partial charge in [-0.1, -0.05) is 42.1 Å². The van der Waals surface area contributed by atoms with Crippen LogP contribution < -0.4 is 4.74 Å². The minimum atomic E-state index is -0.262. The summed E-state index contributed by atoms with van der Waals surface area (Å²) in [6, 6.07) is 17.3. The SMILES string of the molecule is COc1ccc(C(=O)C(C)Sc2nnc(C)n2Cc2ccccc2)cc1. The van der Waals surface area contributed by atoms with Gasteiger partial charge >= 0.3 is 0 Å². The molecule has 0 saturated heterocycles. The summed E-state index contributed by atoms with van der Waals surface area (Å²) in [5, 5.41) is 8.93. The maximum atomic E-state index is 12.7. The van der Waals surface area contributed by atoms with Gasteiger partial charge in [0.1, 0.15) is 11.6 Å². The number of aryl methyl sites for hydroxylation is 1. The van der Waals surface area contributed by atoms with Crippen molar-refractivity contribution in [1.82, 2.24) is 14.8 Å². The molecule has 6 heteroatoms. The lowest BCUT2D eigenvalue weighted by Crippen LogP contribution is -2.15. The highest BCUT2D eigenvalue weighted by atomic mass is 32.2. The van der Waals surface area contributed by atoms with Gasteiger partial charge in [0, 0.05) is 5.56 Å². The third-order valence-electron chi connectivity index (χ3n) is 4.11. The molecular weight excluding hydrogens is 346 g/mol. The molecule has 3 aromatic rings. The largest absolute Gasteiger partial charge is 0.497 e. The second-order valence-electron chi connectivity index (χ2n) is 5.95. The molecule has 3 rings (SSSR count). The maximum Gasteiger partial charge on any atom is 0.192 e. The van der Waals surface area contributed by atoms with Crippen LogP contribution >= 0.6 is 11.8 Å². The molecule has 0 amide bonds. The summed E-state index contributed by atoms with van der Waals surface area (Å²) in [6.45, 7) is 4.51. The summed E-state index contributed by atoms with van der Waals surface area (Å²) in [6.07, 6.45) is 0. The molecule has 0 aliphatic carbocycles. The quantitative estimate of drug-likeness (QED) is 0.466. The van der Waals surface area contributed by atoms with Gasteiger partial charge in [-0.05, 0) is 43.7 Å². The summed E-state index contributed by atoms with van der Waals surface area (Å²) in [5.74, 6) is 1.63. The van der Waals surface area contributed by atoms with E-state index in [0.717, 1.165) is 16.7 Å². The van der Waals surface area contributed by atoms with Crippen molar-refractivity contribution < 1.29 is 9.53 Å². The molecule has 0 fully saturated rings. The van der Waals surface area contributed by atoms with Gasteiger partial charge in [-0.2, -0.15) is 0 Å². The molecule has 0 saturated carbocycles. The van der Waals surface area contributed by atoms with Crippen LogP contribution in [0.25, 0.3) is 0 Å². The van der Waals surface area contributed by atoms with Gasteiger partial charge in [0.2, 0.25) is 0 Å². The van der Waals surface area contributed by atoms with E-state index in [4.69, 9.17) is 4.74 Å². The first-order valence-corrected chi connectivity index (χ1v) is 9.25. The fraction of sp³-hybridized carbons (Fsp3) is 0.250. The van der Waals surface area contributed by atoms with E-state index in [1.165, 1.54) is 17.3 Å². The zero-order chi connectivity index (χ0) is 18.5. The summed E-state index contributed by atoms with van der Waals surface area (Å²) < 4.78 is 7.18. The number of hydrogen-bond acceptors (Lipinski definition) is 5. The van der Waals surface area contributed by atoms with Crippen molar-refractivity contribution in [3.05, 3.63) is 71.5 Å². The number of ketones is 1. The molecule has 1 unspecified atom stereocenters. The number of nitrogens with zero attached hydrogens (tertiary/aromatic N) is 3. The highest BCUT2D eigenvalue weighted by Gasteiger charge is 2.20. The summed E-state index contributed by atoms with van der Waals surface area (Å²) in [7, 11) is 1.61. The van der Waals surface area contributed by atoms with Crippen LogP contribution in [0.3, 0.4) is 0 Å². The fourth-order valence-electron chi connectivity index (χ4n) is 2.60. The molecule has 134 valence electrons. The minimum absolute atomic E-state index is 0.0598. The first-order valence-electron chi connectivity index (χ1n) is 8.37. The molecule has 0 N–H and O–H groups in total. The Balaban J connectivity index is 1.74. The van der Waals surface area contributed by atoms with Crippen molar-refractivity contribution in [1.29, 1.82) is 0 Å². The number of hydrogen-bond donors (Lipinski definition) is 0. The van der Waals surface area contributed by atoms with Gasteiger partial charge in [0.25, 0.3) is 0 Å². The van der Waals surface area contributed by atoms with Crippen LogP contribution in [0.15, 0.2) is 59.8 Å². The molecule has 1 heterocycles. The maximum absolute atomic E-state index is 12.7. The molecule has 26 heavy (non-hydrogen) atoms. The molecule has 0 bridgehead atoms. The van der Waals surface area contributed by atoms with Gasteiger partial charge in [-0.25, -0.2) is 0 Å². The van der Waals surface area contributed by atoms with Gasteiger partial charge in [-0.3, -0.25) is 4.79 Å². The molecule has 5 nitrogen and oxygen atoms in total. The number of ether oxygens (including phenoxy) is 1. The number of benzene rings is 2. The normalized spacial score (nSPS) is 12.0. The Kier molecular flexibility index (Phi) is 5.73. The third kappa shape index (κ3) is 4.14. The second kappa shape index (κ2) is 8.19. The molecule has 0 spiro atoms. The van der Waals surface area contributed by atoms with Crippen molar-refractivity contribution in [2.75, 3.05) is 7.11 Å². The van der Waals surface area contributed by atoms with Crippen LogP contribution in [0.4, 0.5) is 0 Å². The minimum Gasteiger partial charge on any atom is -0.497 e. The van der Waals surface area contributed by atoms with E-state index in [0.29, 0.717) is 12.1 Å². The highest BCUT2D eigenvalue weighted by molar-refractivity contribution is 8.00. The van der Waals surface area contributed by atoms with Crippen molar-refractivity contribution in [2.45, 2.75) is 30.8 Å². The first kappa shape index (κ1) is 18.2. The van der Waals surface area contributed by atoms with Crippen molar-refractivity contribution in [3.63, 3.8) is 0 Å². The average molecular weight is 367 g/mol. The number of thioether (sulfide) groups is 1. The van der Waals surface area contributed by atoms with Crippen molar-refractivity contribution in [3.8, 4) is 5.75 Å². The van der Waals surface area contributed by atoms with Gasteiger partial charge < -0.3 is 9.30 Å². The number of rotatable bonds is 7. The molecule has 0 aliphatic rings. The summed E-state index contributed by atoms with van der Waals surface area (Å²) >= 11 is 1.43. The predicted molar refractivity (Wildman–Crippen MR) is 103 cm³/mol. The number of carbonyl (C=O) groups is 1. The fourth-order valence-corrected chi connectivity index (χ4v) is 3.57. The second-order valence-corrected chi connectivity index (χ2v) is 7.26. The van der Waals surface area contributed by atoms with Crippen LogP contribution in [0.5, 0.6) is 5.75 Å². The average Bonchev–Trinajstić information content (AvgIpc) is 3.01. The van der Waals surface area contributed by atoms with Crippen LogP contribution in [-0.2, 0) is 6.54 Å². The standard InChI is InChI=1S/C20H21N3O2S/c1-14(19(24)17-9-11-18(25-3)12-10-17)26-20-22-21-15(2)23(20)13-16-7-5-4-6-8-16/h4-12,14H,13H2,1-3H3. The molecular formula is C20H21N3O2S. The van der Waals surface area contributed by atoms with Crippen molar-refractivity contribution >= 4 is 17.5 Å². The predicted octanol–water partition coefficient (Wildman–Crippen LogP) is 4.01. The zero-order valence-corrected chi connectivity index (χ0v) is 15.9. The van der Waals surface area contributed by atoms with E-state index in [1.807, 2.05) is 36.6 Å². The Morgan fingerprint density at radius 3 is 2.46 bits per heavy atom. The van der Waals surface area contributed by atoms with E-state index in [9.17, 15) is 4.79 Å². The molecule has 1 aromatic heterocycles. The van der Waals surface area contributed by atoms with Gasteiger partial charge in [0.15, 0.2) is 10.9 Å². The zero-order valence-electron chi connectivity index (χ0n) is 15.0. The third-order valence-corrected chi connectivity index (χ3v) is 5.19. The first-order chi connectivity index (χ1) is 12.6. The topological polar surface area (TPSA) is 57.0 Å². The van der Waals surface area contributed by atoms with E-state index in [1.54, 1.807) is 31.4 Å². The van der Waals surface area contributed by atoms with E-state index >= 15 is 0 Å². The van der Waals surface area contributed by atoms with Crippen LogP contribution in [-0.4, -0.2) is 32.9 Å². The Labute approximate surface area is 157 Å². The van der Waals surface area contributed by atoms with Crippen LogP contribution in [0.1, 0.15) is 28.7 Å². The lowest BCUT2D eigenvalue weighted by atomic mass is 10.1. The number of aromatic nitrogens is 3. The van der Waals surface area contributed by atoms with Gasteiger partial charge in [-0.15, -0.1) is 10.2 Å². The number of methoxy groups -OCH3 is 1. The Bertz CT molecular complexity index is 876. The highest BCUT2D eigenvalue weighted by Crippen LogP contribution is 2.26. The lowest BCUT2D eigenvalue weighted by molar-refractivity contribution is 0.0994.